The molecule has 1 aliphatic carbocycles. The van der Waals surface area contributed by atoms with Crippen molar-refractivity contribution in [2.24, 2.45) is 0 Å². The van der Waals surface area contributed by atoms with Gasteiger partial charge in [-0.15, -0.1) is 0 Å². The summed E-state index contributed by atoms with van der Waals surface area (Å²) >= 11 is 2.28. The van der Waals surface area contributed by atoms with Crippen LogP contribution in [0.5, 0.6) is 0 Å². The quantitative estimate of drug-likeness (QED) is 0.603. The standard InChI is InChI=1S/C15H21IO2/c16-10-6-14(17)13-4-1-3-12(11-13)5-9-15(18)7-2-8-15/h1,3-4,11,14,17-18H,2,5-10H2. The predicted molar refractivity (Wildman–Crippen MR) is 82.0 cm³/mol. The average Bonchev–Trinajstić information content (AvgIpc) is 2.35. The minimum Gasteiger partial charge on any atom is -0.390 e. The molecule has 1 aromatic carbocycles. The highest BCUT2D eigenvalue weighted by molar-refractivity contribution is 14.1. The van der Waals surface area contributed by atoms with E-state index in [2.05, 4.69) is 34.7 Å². The van der Waals surface area contributed by atoms with Crippen LogP contribution >= 0.6 is 22.6 Å². The monoisotopic (exact) mass is 360 g/mol. The Bertz CT molecular complexity index is 388. The SMILES string of the molecule is OC(CCI)c1cccc(CCC2(O)CCC2)c1. The van der Waals surface area contributed by atoms with Gasteiger partial charge in [-0.1, -0.05) is 46.9 Å². The first-order valence-corrected chi connectivity index (χ1v) is 8.21. The van der Waals surface area contributed by atoms with E-state index in [-0.39, 0.29) is 6.10 Å². The summed E-state index contributed by atoms with van der Waals surface area (Å²) in [6.07, 6.45) is 5.25. The third kappa shape index (κ3) is 3.68. The maximum atomic E-state index is 10.1. The summed E-state index contributed by atoms with van der Waals surface area (Å²) in [6, 6.07) is 8.16. The van der Waals surface area contributed by atoms with Gasteiger partial charge in [0.1, 0.15) is 0 Å². The molecule has 0 heterocycles. The van der Waals surface area contributed by atoms with Crippen molar-refractivity contribution < 1.29 is 10.2 Å². The maximum Gasteiger partial charge on any atom is 0.0797 e. The Balaban J connectivity index is 1.94. The van der Waals surface area contributed by atoms with Gasteiger partial charge < -0.3 is 10.2 Å². The van der Waals surface area contributed by atoms with E-state index in [4.69, 9.17) is 0 Å². The molecule has 0 amide bonds. The van der Waals surface area contributed by atoms with E-state index in [1.165, 1.54) is 5.56 Å². The van der Waals surface area contributed by atoms with Crippen molar-refractivity contribution in [2.75, 3.05) is 4.43 Å². The zero-order valence-electron chi connectivity index (χ0n) is 10.6. The number of halogens is 1. The van der Waals surface area contributed by atoms with Gasteiger partial charge in [0, 0.05) is 4.43 Å². The molecule has 2 N–H and O–H groups in total. The van der Waals surface area contributed by atoms with Crippen molar-refractivity contribution in [1.29, 1.82) is 0 Å². The molecule has 3 heteroatoms. The van der Waals surface area contributed by atoms with Crippen LogP contribution in [0.2, 0.25) is 0 Å². The van der Waals surface area contributed by atoms with Crippen LogP contribution in [-0.4, -0.2) is 20.2 Å². The number of hydrogen-bond donors (Lipinski definition) is 2. The number of aliphatic hydroxyl groups excluding tert-OH is 1. The third-order valence-electron chi connectivity index (χ3n) is 3.88. The van der Waals surface area contributed by atoms with Crippen LogP contribution in [0.3, 0.4) is 0 Å². The largest absolute Gasteiger partial charge is 0.390 e. The fourth-order valence-corrected chi connectivity index (χ4v) is 3.03. The van der Waals surface area contributed by atoms with E-state index in [0.717, 1.165) is 48.5 Å². The Hall–Kier alpha value is -0.130. The van der Waals surface area contributed by atoms with E-state index in [0.29, 0.717) is 0 Å². The molecule has 0 saturated heterocycles. The Morgan fingerprint density at radius 1 is 1.33 bits per heavy atom. The molecule has 0 aliphatic heterocycles. The van der Waals surface area contributed by atoms with Crippen LogP contribution < -0.4 is 0 Å². The van der Waals surface area contributed by atoms with Crippen LogP contribution in [0.25, 0.3) is 0 Å². The van der Waals surface area contributed by atoms with Crippen molar-refractivity contribution in [1.82, 2.24) is 0 Å². The second-order valence-corrected chi connectivity index (χ2v) is 6.40. The number of rotatable bonds is 6. The van der Waals surface area contributed by atoms with Gasteiger partial charge in [-0.05, 0) is 49.7 Å². The van der Waals surface area contributed by atoms with E-state index < -0.39 is 5.60 Å². The number of hydrogen-bond acceptors (Lipinski definition) is 2. The summed E-state index contributed by atoms with van der Waals surface area (Å²) in [5.41, 5.74) is 1.82. The number of alkyl halides is 1. The highest BCUT2D eigenvalue weighted by Gasteiger charge is 2.33. The molecule has 0 spiro atoms. The molecule has 2 rings (SSSR count). The predicted octanol–water partition coefficient (Wildman–Crippen LogP) is 3.39. The topological polar surface area (TPSA) is 40.5 Å². The van der Waals surface area contributed by atoms with Gasteiger partial charge in [-0.25, -0.2) is 0 Å². The zero-order chi connectivity index (χ0) is 13.0. The average molecular weight is 360 g/mol. The Morgan fingerprint density at radius 2 is 2.11 bits per heavy atom. The summed E-state index contributed by atoms with van der Waals surface area (Å²) in [5, 5.41) is 20.1. The molecule has 100 valence electrons. The molecule has 1 fully saturated rings. The molecule has 1 aliphatic rings. The van der Waals surface area contributed by atoms with Crippen molar-refractivity contribution in [3.63, 3.8) is 0 Å². The maximum absolute atomic E-state index is 10.1. The van der Waals surface area contributed by atoms with Crippen LogP contribution in [-0.2, 0) is 6.42 Å². The third-order valence-corrected chi connectivity index (χ3v) is 4.50. The molecule has 0 radical (unpaired) electrons. The first-order chi connectivity index (χ1) is 8.63. The minimum absolute atomic E-state index is 0.353. The molecule has 18 heavy (non-hydrogen) atoms. The number of benzene rings is 1. The highest BCUT2D eigenvalue weighted by atomic mass is 127. The van der Waals surface area contributed by atoms with Crippen molar-refractivity contribution >= 4 is 22.6 Å². The number of aryl methyl sites for hydroxylation is 1. The van der Waals surface area contributed by atoms with Gasteiger partial charge in [0.2, 0.25) is 0 Å². The molecule has 1 unspecified atom stereocenters. The molecular weight excluding hydrogens is 339 g/mol. The lowest BCUT2D eigenvalue weighted by Gasteiger charge is -2.36. The van der Waals surface area contributed by atoms with Gasteiger partial charge in [-0.3, -0.25) is 0 Å². The second kappa shape index (κ2) is 6.35. The van der Waals surface area contributed by atoms with Crippen LogP contribution in [0, 0.1) is 0 Å². The Labute approximate surface area is 123 Å². The van der Waals surface area contributed by atoms with E-state index in [9.17, 15) is 10.2 Å². The summed E-state index contributed by atoms with van der Waals surface area (Å²) < 4.78 is 0.961. The van der Waals surface area contributed by atoms with E-state index >= 15 is 0 Å². The summed E-state index contributed by atoms with van der Waals surface area (Å²) in [5.74, 6) is 0. The molecule has 0 aromatic heterocycles. The first kappa shape index (κ1) is 14.3. The molecule has 1 atom stereocenters. The van der Waals surface area contributed by atoms with Gasteiger partial charge in [-0.2, -0.15) is 0 Å². The highest BCUT2D eigenvalue weighted by Crippen LogP contribution is 2.35. The van der Waals surface area contributed by atoms with Crippen LogP contribution in [0.1, 0.15) is 49.3 Å². The first-order valence-electron chi connectivity index (χ1n) is 6.68. The molecule has 1 aromatic rings. The lowest BCUT2D eigenvalue weighted by Crippen LogP contribution is -2.37. The lowest BCUT2D eigenvalue weighted by molar-refractivity contribution is -0.0397. The fraction of sp³-hybridized carbons (Fsp3) is 0.600. The smallest absolute Gasteiger partial charge is 0.0797 e. The van der Waals surface area contributed by atoms with Crippen LogP contribution in [0.15, 0.2) is 24.3 Å². The second-order valence-electron chi connectivity index (χ2n) is 5.32. The molecule has 0 bridgehead atoms. The normalized spacial score (nSPS) is 19.3. The molecular formula is C15H21IO2. The van der Waals surface area contributed by atoms with Gasteiger partial charge in [0.15, 0.2) is 0 Å². The molecule has 2 nitrogen and oxygen atoms in total. The fourth-order valence-electron chi connectivity index (χ4n) is 2.44. The van der Waals surface area contributed by atoms with Gasteiger partial charge >= 0.3 is 0 Å². The van der Waals surface area contributed by atoms with Crippen LogP contribution in [0.4, 0.5) is 0 Å². The Kier molecular flexibility index (Phi) is 5.04. The lowest BCUT2D eigenvalue weighted by atomic mass is 9.76. The van der Waals surface area contributed by atoms with Crippen molar-refractivity contribution in [2.45, 2.75) is 50.2 Å². The van der Waals surface area contributed by atoms with E-state index in [1.54, 1.807) is 0 Å². The Morgan fingerprint density at radius 3 is 2.72 bits per heavy atom. The minimum atomic E-state index is -0.406. The molecule has 1 saturated carbocycles. The van der Waals surface area contributed by atoms with E-state index in [1.807, 2.05) is 12.1 Å². The van der Waals surface area contributed by atoms with Gasteiger partial charge in [0.05, 0.1) is 11.7 Å². The number of aliphatic hydroxyl groups is 2. The summed E-state index contributed by atoms with van der Waals surface area (Å²) in [6.45, 7) is 0. The summed E-state index contributed by atoms with van der Waals surface area (Å²) in [4.78, 5) is 0. The summed E-state index contributed by atoms with van der Waals surface area (Å²) in [7, 11) is 0. The zero-order valence-corrected chi connectivity index (χ0v) is 12.8. The van der Waals surface area contributed by atoms with Gasteiger partial charge in [0.25, 0.3) is 0 Å². The van der Waals surface area contributed by atoms with Crippen molar-refractivity contribution in [3.05, 3.63) is 35.4 Å². The van der Waals surface area contributed by atoms with Crippen molar-refractivity contribution in [3.8, 4) is 0 Å².